The van der Waals surface area contributed by atoms with Gasteiger partial charge in [0.15, 0.2) is 0 Å². The molecule has 2 aromatic rings. The summed E-state index contributed by atoms with van der Waals surface area (Å²) < 4.78 is 3.56. The van der Waals surface area contributed by atoms with Crippen molar-refractivity contribution in [1.29, 1.82) is 0 Å². The van der Waals surface area contributed by atoms with Crippen molar-refractivity contribution in [2.75, 3.05) is 0 Å². The molecule has 114 valence electrons. The van der Waals surface area contributed by atoms with Crippen LogP contribution in [0.25, 0.3) is 5.57 Å². The molecule has 6 nitrogen and oxygen atoms in total. The Bertz CT molecular complexity index is 756. The Morgan fingerprint density at radius 2 is 1.91 bits per heavy atom. The maximum Gasteiger partial charge on any atom is 0.272 e. The Hall–Kier alpha value is -2.37. The van der Waals surface area contributed by atoms with Gasteiger partial charge in [0.05, 0.1) is 11.7 Å². The molecule has 0 saturated carbocycles. The summed E-state index contributed by atoms with van der Waals surface area (Å²) >= 11 is 0. The molecule has 4 heterocycles. The molecule has 22 heavy (non-hydrogen) atoms. The number of hydrogen-bond acceptors (Lipinski definition) is 3. The van der Waals surface area contributed by atoms with E-state index >= 15 is 0 Å². The monoisotopic (exact) mass is 297 g/mol. The summed E-state index contributed by atoms with van der Waals surface area (Å²) in [5, 5.41) is 8.36. The minimum atomic E-state index is 0.0906. The van der Waals surface area contributed by atoms with Crippen LogP contribution in [0.4, 0.5) is 0 Å². The molecule has 0 radical (unpaired) electrons. The van der Waals surface area contributed by atoms with Crippen LogP contribution in [0.3, 0.4) is 0 Å². The van der Waals surface area contributed by atoms with Crippen LogP contribution >= 0.6 is 0 Å². The molecular formula is C16H19N5O. The third-order valence-electron chi connectivity index (χ3n) is 4.82. The van der Waals surface area contributed by atoms with E-state index in [2.05, 4.69) is 16.3 Å². The van der Waals surface area contributed by atoms with Gasteiger partial charge in [0.25, 0.3) is 5.91 Å². The van der Waals surface area contributed by atoms with E-state index < -0.39 is 0 Å². The van der Waals surface area contributed by atoms with Crippen molar-refractivity contribution >= 4 is 11.5 Å². The van der Waals surface area contributed by atoms with Gasteiger partial charge < -0.3 is 4.90 Å². The minimum Gasteiger partial charge on any atom is -0.328 e. The fourth-order valence-corrected chi connectivity index (χ4v) is 3.74. The van der Waals surface area contributed by atoms with Gasteiger partial charge in [-0.15, -0.1) is 0 Å². The highest BCUT2D eigenvalue weighted by Gasteiger charge is 2.41. The third-order valence-corrected chi connectivity index (χ3v) is 4.82. The predicted octanol–water partition coefficient (Wildman–Crippen LogP) is 1.61. The second-order valence-electron chi connectivity index (χ2n) is 6.09. The van der Waals surface area contributed by atoms with Crippen LogP contribution in [0.2, 0.25) is 0 Å². The molecule has 2 aromatic heterocycles. The first kappa shape index (κ1) is 13.3. The second-order valence-corrected chi connectivity index (χ2v) is 6.09. The third kappa shape index (κ3) is 1.90. The molecular weight excluding hydrogens is 278 g/mol. The lowest BCUT2D eigenvalue weighted by Gasteiger charge is -2.34. The van der Waals surface area contributed by atoms with E-state index in [-0.39, 0.29) is 18.0 Å². The van der Waals surface area contributed by atoms with Crippen molar-refractivity contribution < 1.29 is 4.79 Å². The lowest BCUT2D eigenvalue weighted by molar-refractivity contribution is 0.0681. The van der Waals surface area contributed by atoms with Crippen LogP contribution < -0.4 is 0 Å². The van der Waals surface area contributed by atoms with Crippen LogP contribution in [0.5, 0.6) is 0 Å². The highest BCUT2D eigenvalue weighted by molar-refractivity contribution is 5.94. The predicted molar refractivity (Wildman–Crippen MR) is 82.0 cm³/mol. The van der Waals surface area contributed by atoms with Gasteiger partial charge in [0.2, 0.25) is 0 Å². The van der Waals surface area contributed by atoms with E-state index in [1.54, 1.807) is 16.9 Å². The van der Waals surface area contributed by atoms with Crippen molar-refractivity contribution in [3.05, 3.63) is 42.0 Å². The summed E-state index contributed by atoms with van der Waals surface area (Å²) in [6, 6.07) is 4.31. The van der Waals surface area contributed by atoms with E-state index in [0.717, 1.165) is 25.0 Å². The molecule has 2 aliphatic heterocycles. The summed E-state index contributed by atoms with van der Waals surface area (Å²) in [5.41, 5.74) is 3.13. The van der Waals surface area contributed by atoms with Gasteiger partial charge in [-0.05, 0) is 37.0 Å². The molecule has 4 rings (SSSR count). The molecule has 2 aliphatic rings. The SMILES string of the molecule is Cn1nccc1C(=O)N1[C@@H]2CC[C@@H]1C=C(c1ccnn1C)C2. The van der Waals surface area contributed by atoms with Crippen molar-refractivity contribution in [2.45, 2.75) is 31.3 Å². The fourth-order valence-electron chi connectivity index (χ4n) is 3.74. The van der Waals surface area contributed by atoms with Crippen molar-refractivity contribution in [2.24, 2.45) is 14.1 Å². The average molecular weight is 297 g/mol. The molecule has 1 amide bonds. The van der Waals surface area contributed by atoms with Gasteiger partial charge in [-0.1, -0.05) is 6.08 Å². The molecule has 0 unspecified atom stereocenters. The average Bonchev–Trinajstić information content (AvgIpc) is 3.17. The summed E-state index contributed by atoms with van der Waals surface area (Å²) in [4.78, 5) is 14.9. The van der Waals surface area contributed by atoms with E-state index in [4.69, 9.17) is 0 Å². The number of amides is 1. The largest absolute Gasteiger partial charge is 0.328 e. The molecule has 0 spiro atoms. The quantitative estimate of drug-likeness (QED) is 0.846. The Morgan fingerprint density at radius 1 is 1.14 bits per heavy atom. The molecule has 1 fully saturated rings. The van der Waals surface area contributed by atoms with E-state index in [1.807, 2.05) is 35.9 Å². The Kier molecular flexibility index (Phi) is 2.92. The van der Waals surface area contributed by atoms with Crippen molar-refractivity contribution in [3.63, 3.8) is 0 Å². The first-order chi connectivity index (χ1) is 10.6. The number of fused-ring (bicyclic) bond motifs is 2. The smallest absolute Gasteiger partial charge is 0.272 e. The van der Waals surface area contributed by atoms with Gasteiger partial charge in [-0.25, -0.2) is 0 Å². The zero-order chi connectivity index (χ0) is 15.3. The lowest BCUT2D eigenvalue weighted by Crippen LogP contribution is -2.43. The number of rotatable bonds is 2. The highest BCUT2D eigenvalue weighted by Crippen LogP contribution is 2.39. The highest BCUT2D eigenvalue weighted by atomic mass is 16.2. The van der Waals surface area contributed by atoms with Crippen molar-refractivity contribution in [1.82, 2.24) is 24.5 Å². The van der Waals surface area contributed by atoms with Gasteiger partial charge in [0.1, 0.15) is 5.69 Å². The number of aryl methyl sites for hydroxylation is 2. The zero-order valence-corrected chi connectivity index (χ0v) is 12.8. The number of hydrogen-bond donors (Lipinski definition) is 0. The Balaban J connectivity index is 1.66. The van der Waals surface area contributed by atoms with Gasteiger partial charge >= 0.3 is 0 Å². The van der Waals surface area contributed by atoms with Crippen LogP contribution in [0.1, 0.15) is 35.4 Å². The molecule has 0 aliphatic carbocycles. The van der Waals surface area contributed by atoms with E-state index in [1.165, 1.54) is 5.57 Å². The number of carbonyl (C=O) groups is 1. The van der Waals surface area contributed by atoms with Crippen LogP contribution in [-0.2, 0) is 14.1 Å². The maximum absolute atomic E-state index is 12.8. The Labute approximate surface area is 129 Å². The van der Waals surface area contributed by atoms with Crippen LogP contribution in [0.15, 0.2) is 30.6 Å². The molecule has 2 atom stereocenters. The van der Waals surface area contributed by atoms with Gasteiger partial charge in [-0.3, -0.25) is 14.2 Å². The maximum atomic E-state index is 12.8. The van der Waals surface area contributed by atoms with E-state index in [0.29, 0.717) is 5.69 Å². The van der Waals surface area contributed by atoms with Gasteiger partial charge in [0, 0.05) is 32.5 Å². The summed E-state index contributed by atoms with van der Waals surface area (Å²) in [6.07, 6.45) is 8.75. The van der Waals surface area contributed by atoms with Gasteiger partial charge in [-0.2, -0.15) is 10.2 Å². The summed E-state index contributed by atoms with van der Waals surface area (Å²) in [7, 11) is 3.78. The fraction of sp³-hybridized carbons (Fsp3) is 0.438. The van der Waals surface area contributed by atoms with Crippen LogP contribution in [-0.4, -0.2) is 42.5 Å². The summed E-state index contributed by atoms with van der Waals surface area (Å²) in [5.74, 6) is 0.0906. The number of aromatic nitrogens is 4. The van der Waals surface area contributed by atoms with E-state index in [9.17, 15) is 4.79 Å². The standard InChI is InChI=1S/C16H19N5O/c1-19-14(5-7-17-19)11-9-12-3-4-13(10-11)21(12)16(22)15-6-8-18-20(15)2/h5-9,12-13H,3-4,10H2,1-2H3/t12-,13-/m1/s1. The number of carbonyl (C=O) groups excluding carboxylic acids is 1. The Morgan fingerprint density at radius 3 is 2.55 bits per heavy atom. The second kappa shape index (κ2) is 4.83. The minimum absolute atomic E-state index is 0.0906. The molecule has 2 bridgehead atoms. The topological polar surface area (TPSA) is 56.0 Å². The zero-order valence-electron chi connectivity index (χ0n) is 12.8. The molecule has 6 heteroatoms. The molecule has 0 aromatic carbocycles. The van der Waals surface area contributed by atoms with Crippen molar-refractivity contribution in [3.8, 4) is 0 Å². The first-order valence-corrected chi connectivity index (χ1v) is 7.65. The number of nitrogens with zero attached hydrogens (tertiary/aromatic N) is 5. The summed E-state index contributed by atoms with van der Waals surface area (Å²) in [6.45, 7) is 0. The van der Waals surface area contributed by atoms with Crippen LogP contribution in [0, 0.1) is 0 Å². The normalized spacial score (nSPS) is 23.7. The first-order valence-electron chi connectivity index (χ1n) is 7.65. The molecule has 0 N–H and O–H groups in total. The lowest BCUT2D eigenvalue weighted by atomic mass is 9.98. The molecule has 1 saturated heterocycles.